The summed E-state index contributed by atoms with van der Waals surface area (Å²) in [5.74, 6) is 0. The van der Waals surface area contributed by atoms with Crippen molar-refractivity contribution in [3.8, 4) is 0 Å². The molecule has 0 nitrogen and oxygen atoms in total. The summed E-state index contributed by atoms with van der Waals surface area (Å²) in [5.41, 5.74) is 0.0472. The Balaban J connectivity index is 3.01. The van der Waals surface area contributed by atoms with Gasteiger partial charge in [0, 0.05) is 4.48 Å². The van der Waals surface area contributed by atoms with Gasteiger partial charge >= 0.3 is 6.18 Å². The van der Waals surface area contributed by atoms with Crippen LogP contribution in [0.5, 0.6) is 0 Å². The maximum Gasteiger partial charge on any atom is 0.416 e. The van der Waals surface area contributed by atoms with Crippen LogP contribution < -0.4 is 0 Å². The zero-order valence-corrected chi connectivity index (χ0v) is 9.95. The van der Waals surface area contributed by atoms with E-state index in [2.05, 4.69) is 31.9 Å². The molecule has 0 bridgehead atoms. The van der Waals surface area contributed by atoms with Crippen molar-refractivity contribution in [3.63, 3.8) is 0 Å². The molecule has 14 heavy (non-hydrogen) atoms. The van der Waals surface area contributed by atoms with E-state index in [9.17, 15) is 13.2 Å². The number of benzene rings is 1. The Morgan fingerprint density at radius 2 is 1.64 bits per heavy atom. The second-order valence-electron chi connectivity index (χ2n) is 2.53. The van der Waals surface area contributed by atoms with Gasteiger partial charge in [0.05, 0.1) is 5.56 Å². The molecule has 1 rings (SSSR count). The Morgan fingerprint density at radius 3 is 2.00 bits per heavy atom. The predicted molar refractivity (Wildman–Crippen MR) is 57.3 cm³/mol. The summed E-state index contributed by atoms with van der Waals surface area (Å²) in [6.07, 6.45) is -4.27. The molecule has 76 valence electrons. The van der Waals surface area contributed by atoms with Crippen LogP contribution >= 0.6 is 31.9 Å². The van der Waals surface area contributed by atoms with E-state index in [1.165, 1.54) is 12.1 Å². The van der Waals surface area contributed by atoms with Gasteiger partial charge in [-0.25, -0.2) is 0 Å². The second-order valence-corrected chi connectivity index (χ2v) is 3.84. The molecule has 1 aromatic carbocycles. The molecule has 0 fully saturated rings. The second kappa shape index (κ2) is 4.49. The molecule has 0 atom stereocenters. The third-order valence-corrected chi connectivity index (χ3v) is 3.34. The highest BCUT2D eigenvalue weighted by molar-refractivity contribution is 9.16. The van der Waals surface area contributed by atoms with Crippen LogP contribution in [0.25, 0.3) is 4.48 Å². The van der Waals surface area contributed by atoms with Crippen LogP contribution in [0.1, 0.15) is 11.1 Å². The van der Waals surface area contributed by atoms with Gasteiger partial charge in [-0.15, -0.1) is 0 Å². The Labute approximate surface area is 96.1 Å². The maximum absolute atomic E-state index is 12.2. The molecule has 0 heterocycles. The SMILES string of the molecule is FC(F)(F)c1ccc(/C(Br)=C\Br)cc1. The van der Waals surface area contributed by atoms with Crippen molar-refractivity contribution in [2.24, 2.45) is 0 Å². The fourth-order valence-electron chi connectivity index (χ4n) is 0.881. The number of alkyl halides is 3. The Kier molecular flexibility index (Phi) is 3.78. The molecule has 0 aliphatic carbocycles. The van der Waals surface area contributed by atoms with E-state index < -0.39 is 11.7 Å². The highest BCUT2D eigenvalue weighted by Crippen LogP contribution is 2.31. The highest BCUT2D eigenvalue weighted by atomic mass is 79.9. The van der Waals surface area contributed by atoms with Crippen molar-refractivity contribution >= 4 is 36.3 Å². The summed E-state index contributed by atoms with van der Waals surface area (Å²) in [6, 6.07) is 4.91. The molecule has 0 saturated carbocycles. The Morgan fingerprint density at radius 1 is 1.14 bits per heavy atom. The van der Waals surface area contributed by atoms with E-state index in [0.717, 1.165) is 12.1 Å². The Hall–Kier alpha value is -0.290. The maximum atomic E-state index is 12.2. The van der Waals surface area contributed by atoms with Gasteiger partial charge in [-0.3, -0.25) is 0 Å². The lowest BCUT2D eigenvalue weighted by molar-refractivity contribution is -0.137. The lowest BCUT2D eigenvalue weighted by Crippen LogP contribution is -2.04. The average molecular weight is 330 g/mol. The van der Waals surface area contributed by atoms with Crippen LogP contribution in [-0.4, -0.2) is 0 Å². The van der Waals surface area contributed by atoms with Gasteiger partial charge < -0.3 is 0 Å². The molecule has 5 heteroatoms. The van der Waals surface area contributed by atoms with Crippen molar-refractivity contribution in [1.82, 2.24) is 0 Å². The molecular formula is C9H5Br2F3. The summed E-state index contributed by atoms with van der Waals surface area (Å²) < 4.78 is 37.2. The summed E-state index contributed by atoms with van der Waals surface area (Å²) in [7, 11) is 0. The molecule has 0 aliphatic heterocycles. The van der Waals surface area contributed by atoms with Crippen LogP contribution in [-0.2, 0) is 6.18 Å². The zero-order valence-electron chi connectivity index (χ0n) is 6.78. The molecule has 0 N–H and O–H groups in total. The predicted octanol–water partition coefficient (Wildman–Crippen LogP) is 4.79. The van der Waals surface area contributed by atoms with Crippen LogP contribution in [0.15, 0.2) is 29.3 Å². The summed E-state index contributed by atoms with van der Waals surface area (Å²) >= 11 is 6.27. The summed E-state index contributed by atoms with van der Waals surface area (Å²) in [5, 5.41) is 0. The topological polar surface area (TPSA) is 0 Å². The van der Waals surface area contributed by atoms with Gasteiger partial charge in [0.1, 0.15) is 0 Å². The fraction of sp³-hybridized carbons (Fsp3) is 0.111. The molecular weight excluding hydrogens is 325 g/mol. The third kappa shape index (κ3) is 2.85. The van der Waals surface area contributed by atoms with Crippen molar-refractivity contribution in [3.05, 3.63) is 40.4 Å². The Bertz CT molecular complexity index is 338. The fourth-order valence-corrected chi connectivity index (χ4v) is 1.41. The first-order valence-corrected chi connectivity index (χ1v) is 5.29. The van der Waals surface area contributed by atoms with Gasteiger partial charge in [-0.2, -0.15) is 13.2 Å². The quantitative estimate of drug-likeness (QED) is 0.694. The molecule has 0 spiro atoms. The molecule has 0 radical (unpaired) electrons. The van der Waals surface area contributed by atoms with Gasteiger partial charge in [-0.05, 0) is 38.6 Å². The van der Waals surface area contributed by atoms with E-state index >= 15 is 0 Å². The molecule has 0 amide bonds. The van der Waals surface area contributed by atoms with Crippen LogP contribution in [0, 0.1) is 0 Å². The largest absolute Gasteiger partial charge is 0.416 e. The number of hydrogen-bond donors (Lipinski definition) is 0. The first kappa shape index (κ1) is 11.8. The van der Waals surface area contributed by atoms with Crippen molar-refractivity contribution in [2.45, 2.75) is 6.18 Å². The van der Waals surface area contributed by atoms with Gasteiger partial charge in [0.2, 0.25) is 0 Å². The van der Waals surface area contributed by atoms with E-state index in [-0.39, 0.29) is 0 Å². The minimum atomic E-state index is -4.27. The number of hydrogen-bond acceptors (Lipinski definition) is 0. The molecule has 0 aliphatic rings. The summed E-state index contributed by atoms with van der Waals surface area (Å²) in [4.78, 5) is 1.59. The van der Waals surface area contributed by atoms with E-state index in [4.69, 9.17) is 0 Å². The van der Waals surface area contributed by atoms with Gasteiger partial charge in [0.25, 0.3) is 0 Å². The van der Waals surface area contributed by atoms with Crippen LogP contribution in [0.2, 0.25) is 0 Å². The minimum absolute atomic E-state index is 0.642. The van der Waals surface area contributed by atoms with E-state index in [1.54, 1.807) is 4.99 Å². The van der Waals surface area contributed by atoms with Crippen molar-refractivity contribution < 1.29 is 13.2 Å². The highest BCUT2D eigenvalue weighted by Gasteiger charge is 2.29. The first-order valence-electron chi connectivity index (χ1n) is 3.58. The van der Waals surface area contributed by atoms with Crippen LogP contribution in [0.4, 0.5) is 13.2 Å². The monoisotopic (exact) mass is 328 g/mol. The van der Waals surface area contributed by atoms with E-state index in [1.807, 2.05) is 0 Å². The molecule has 0 unspecified atom stereocenters. The van der Waals surface area contributed by atoms with Crippen LogP contribution in [0.3, 0.4) is 0 Å². The number of halogens is 5. The van der Waals surface area contributed by atoms with Gasteiger partial charge in [-0.1, -0.05) is 28.1 Å². The van der Waals surface area contributed by atoms with Gasteiger partial charge in [0.15, 0.2) is 0 Å². The van der Waals surface area contributed by atoms with E-state index in [0.29, 0.717) is 10.0 Å². The standard InChI is InChI=1S/C9H5Br2F3/c10-5-8(11)6-1-3-7(4-2-6)9(12,13)14/h1-5H/b8-5+. The lowest BCUT2D eigenvalue weighted by atomic mass is 10.1. The summed E-state index contributed by atoms with van der Waals surface area (Å²) in [6.45, 7) is 0. The first-order chi connectivity index (χ1) is 6.45. The number of rotatable bonds is 1. The molecule has 0 aromatic heterocycles. The molecule has 0 saturated heterocycles. The normalized spacial score (nSPS) is 13.1. The lowest BCUT2D eigenvalue weighted by Gasteiger charge is -2.06. The van der Waals surface area contributed by atoms with Crippen molar-refractivity contribution in [2.75, 3.05) is 0 Å². The zero-order chi connectivity index (χ0) is 10.8. The average Bonchev–Trinajstić information content (AvgIpc) is 2.15. The third-order valence-electron chi connectivity index (χ3n) is 1.58. The molecule has 1 aromatic rings. The smallest absolute Gasteiger partial charge is 0.166 e. The minimum Gasteiger partial charge on any atom is -0.166 e. The van der Waals surface area contributed by atoms with Crippen molar-refractivity contribution in [1.29, 1.82) is 0 Å².